The number of aryl methyl sites for hydroxylation is 1. The van der Waals surface area contributed by atoms with Crippen molar-refractivity contribution in [2.24, 2.45) is 5.92 Å². The molecule has 0 aliphatic heterocycles. The highest BCUT2D eigenvalue weighted by atomic mass is 15.1. The van der Waals surface area contributed by atoms with E-state index in [0.29, 0.717) is 5.92 Å². The summed E-state index contributed by atoms with van der Waals surface area (Å²) in [5.41, 5.74) is 2.17. The first-order valence-electron chi connectivity index (χ1n) is 7.81. The molecule has 1 heterocycles. The Labute approximate surface area is 124 Å². The van der Waals surface area contributed by atoms with Crippen LogP contribution in [0.4, 0.5) is 0 Å². The molecule has 0 fully saturated rings. The minimum absolute atomic E-state index is 0.667. The normalized spacial score (nSPS) is 11.6. The lowest BCUT2D eigenvalue weighted by Crippen LogP contribution is -2.26. The van der Waals surface area contributed by atoms with Crippen LogP contribution in [0, 0.1) is 12.8 Å². The van der Waals surface area contributed by atoms with E-state index in [9.17, 15) is 0 Å². The van der Waals surface area contributed by atoms with Gasteiger partial charge in [0.05, 0.1) is 5.69 Å². The highest BCUT2D eigenvalue weighted by molar-refractivity contribution is 5.10. The van der Waals surface area contributed by atoms with Crippen LogP contribution in [-0.2, 0) is 13.0 Å². The standard InChI is InChI=1S/C16H30N4/c1-6-20(7-2)9-8-16-18-14(5)10-15(19-16)12-17-11-13(3)4/h10,13,17H,6-9,11-12H2,1-5H3. The Morgan fingerprint density at radius 3 is 2.50 bits per heavy atom. The third kappa shape index (κ3) is 6.44. The van der Waals surface area contributed by atoms with Gasteiger partial charge in [-0.05, 0) is 38.5 Å². The van der Waals surface area contributed by atoms with Crippen molar-refractivity contribution >= 4 is 0 Å². The Kier molecular flexibility index (Phi) is 7.70. The van der Waals surface area contributed by atoms with Crippen LogP contribution < -0.4 is 5.32 Å². The zero-order chi connectivity index (χ0) is 15.0. The van der Waals surface area contributed by atoms with E-state index in [-0.39, 0.29) is 0 Å². The lowest BCUT2D eigenvalue weighted by molar-refractivity contribution is 0.305. The van der Waals surface area contributed by atoms with Gasteiger partial charge in [0.2, 0.25) is 0 Å². The van der Waals surface area contributed by atoms with Gasteiger partial charge in [0.15, 0.2) is 0 Å². The zero-order valence-electron chi connectivity index (χ0n) is 13.7. The van der Waals surface area contributed by atoms with Gasteiger partial charge in [0.1, 0.15) is 5.82 Å². The lowest BCUT2D eigenvalue weighted by atomic mass is 10.2. The van der Waals surface area contributed by atoms with E-state index in [0.717, 1.165) is 56.4 Å². The van der Waals surface area contributed by atoms with Gasteiger partial charge in [0, 0.05) is 25.2 Å². The summed E-state index contributed by atoms with van der Waals surface area (Å²) in [7, 11) is 0. The molecule has 0 aliphatic carbocycles. The van der Waals surface area contributed by atoms with Crippen LogP contribution in [0.15, 0.2) is 6.07 Å². The molecule has 20 heavy (non-hydrogen) atoms. The SMILES string of the molecule is CCN(CC)CCc1nc(C)cc(CNCC(C)C)n1. The summed E-state index contributed by atoms with van der Waals surface area (Å²) in [4.78, 5) is 11.6. The Balaban J connectivity index is 2.56. The van der Waals surface area contributed by atoms with Crippen molar-refractivity contribution in [1.82, 2.24) is 20.2 Å². The van der Waals surface area contributed by atoms with E-state index < -0.39 is 0 Å². The molecule has 0 aliphatic rings. The quantitative estimate of drug-likeness (QED) is 0.753. The molecule has 4 heteroatoms. The van der Waals surface area contributed by atoms with Gasteiger partial charge in [-0.25, -0.2) is 9.97 Å². The van der Waals surface area contributed by atoms with Crippen molar-refractivity contribution in [2.75, 3.05) is 26.2 Å². The first kappa shape index (κ1) is 17.1. The van der Waals surface area contributed by atoms with E-state index in [2.05, 4.69) is 60.9 Å². The topological polar surface area (TPSA) is 41.1 Å². The first-order chi connectivity index (χ1) is 9.55. The number of nitrogens with one attached hydrogen (secondary N) is 1. The van der Waals surface area contributed by atoms with Crippen molar-refractivity contribution in [3.8, 4) is 0 Å². The molecule has 0 aromatic carbocycles. The molecule has 0 radical (unpaired) electrons. The maximum Gasteiger partial charge on any atom is 0.130 e. The summed E-state index contributed by atoms with van der Waals surface area (Å²) < 4.78 is 0. The number of hydrogen-bond donors (Lipinski definition) is 1. The van der Waals surface area contributed by atoms with Gasteiger partial charge in [-0.1, -0.05) is 27.7 Å². The molecule has 0 saturated heterocycles. The van der Waals surface area contributed by atoms with Crippen LogP contribution in [0.5, 0.6) is 0 Å². The van der Waals surface area contributed by atoms with Crippen LogP contribution in [0.25, 0.3) is 0 Å². The van der Waals surface area contributed by atoms with Gasteiger partial charge in [-0.3, -0.25) is 0 Å². The highest BCUT2D eigenvalue weighted by Gasteiger charge is 2.05. The average Bonchev–Trinajstić information content (AvgIpc) is 2.39. The summed E-state index contributed by atoms with van der Waals surface area (Å²) in [5, 5.41) is 3.44. The van der Waals surface area contributed by atoms with Crippen molar-refractivity contribution in [3.63, 3.8) is 0 Å². The summed E-state index contributed by atoms with van der Waals surface area (Å²) >= 11 is 0. The Bertz CT molecular complexity index is 386. The molecular weight excluding hydrogens is 248 g/mol. The largest absolute Gasteiger partial charge is 0.311 e. The molecule has 0 spiro atoms. The predicted molar refractivity (Wildman–Crippen MR) is 84.8 cm³/mol. The molecule has 1 rings (SSSR count). The maximum absolute atomic E-state index is 4.67. The highest BCUT2D eigenvalue weighted by Crippen LogP contribution is 2.03. The van der Waals surface area contributed by atoms with Crippen LogP contribution in [0.2, 0.25) is 0 Å². The Morgan fingerprint density at radius 2 is 1.90 bits per heavy atom. The molecule has 1 aromatic rings. The second kappa shape index (κ2) is 9.03. The van der Waals surface area contributed by atoms with Crippen molar-refractivity contribution in [2.45, 2.75) is 47.6 Å². The predicted octanol–water partition coefficient (Wildman–Crippen LogP) is 2.41. The fraction of sp³-hybridized carbons (Fsp3) is 0.750. The van der Waals surface area contributed by atoms with Crippen LogP contribution >= 0.6 is 0 Å². The minimum Gasteiger partial charge on any atom is -0.311 e. The molecule has 0 amide bonds. The fourth-order valence-electron chi connectivity index (χ4n) is 2.19. The maximum atomic E-state index is 4.67. The smallest absolute Gasteiger partial charge is 0.130 e. The number of aromatic nitrogens is 2. The van der Waals surface area contributed by atoms with Crippen LogP contribution in [0.3, 0.4) is 0 Å². The van der Waals surface area contributed by atoms with Crippen molar-refractivity contribution in [1.29, 1.82) is 0 Å². The zero-order valence-corrected chi connectivity index (χ0v) is 13.7. The van der Waals surface area contributed by atoms with E-state index in [1.807, 2.05) is 0 Å². The van der Waals surface area contributed by atoms with E-state index in [1.54, 1.807) is 0 Å². The van der Waals surface area contributed by atoms with Crippen molar-refractivity contribution < 1.29 is 0 Å². The number of nitrogens with zero attached hydrogens (tertiary/aromatic N) is 3. The fourth-order valence-corrected chi connectivity index (χ4v) is 2.19. The third-order valence-corrected chi connectivity index (χ3v) is 3.36. The molecule has 0 bridgehead atoms. The Hall–Kier alpha value is -1.00. The van der Waals surface area contributed by atoms with E-state index in [4.69, 9.17) is 0 Å². The first-order valence-corrected chi connectivity index (χ1v) is 7.81. The molecule has 0 unspecified atom stereocenters. The van der Waals surface area contributed by atoms with Crippen LogP contribution in [0.1, 0.15) is 44.9 Å². The van der Waals surface area contributed by atoms with Gasteiger partial charge >= 0.3 is 0 Å². The third-order valence-electron chi connectivity index (χ3n) is 3.36. The van der Waals surface area contributed by atoms with Crippen LogP contribution in [-0.4, -0.2) is 41.0 Å². The monoisotopic (exact) mass is 278 g/mol. The minimum atomic E-state index is 0.667. The number of rotatable bonds is 9. The number of hydrogen-bond acceptors (Lipinski definition) is 4. The molecule has 1 aromatic heterocycles. The summed E-state index contributed by atoms with van der Waals surface area (Å²) in [6, 6.07) is 2.08. The van der Waals surface area contributed by atoms with Gasteiger partial charge in [-0.15, -0.1) is 0 Å². The molecule has 114 valence electrons. The lowest BCUT2D eigenvalue weighted by Gasteiger charge is -2.17. The van der Waals surface area contributed by atoms with Gasteiger partial charge in [-0.2, -0.15) is 0 Å². The molecule has 0 atom stereocenters. The molecule has 0 saturated carbocycles. The van der Waals surface area contributed by atoms with Gasteiger partial charge in [0.25, 0.3) is 0 Å². The summed E-state index contributed by atoms with van der Waals surface area (Å²) in [5.74, 6) is 1.64. The van der Waals surface area contributed by atoms with E-state index in [1.165, 1.54) is 0 Å². The van der Waals surface area contributed by atoms with Gasteiger partial charge < -0.3 is 10.2 Å². The summed E-state index contributed by atoms with van der Waals surface area (Å²) in [6.45, 7) is 15.9. The number of likely N-dealkylation sites (N-methyl/N-ethyl adjacent to an activating group) is 1. The average molecular weight is 278 g/mol. The molecular formula is C16H30N4. The van der Waals surface area contributed by atoms with E-state index >= 15 is 0 Å². The molecule has 1 N–H and O–H groups in total. The summed E-state index contributed by atoms with van der Waals surface area (Å²) in [6.07, 6.45) is 0.931. The second-order valence-electron chi connectivity index (χ2n) is 5.72. The Morgan fingerprint density at radius 1 is 1.20 bits per heavy atom. The molecule has 4 nitrogen and oxygen atoms in total. The van der Waals surface area contributed by atoms with Crippen molar-refractivity contribution in [3.05, 3.63) is 23.3 Å². The second-order valence-corrected chi connectivity index (χ2v) is 5.72.